The van der Waals surface area contributed by atoms with E-state index >= 15 is 0 Å². The molecule has 0 aliphatic rings. The maximum Gasteiger partial charge on any atom is 0.422 e. The van der Waals surface area contributed by atoms with E-state index in [0.717, 1.165) is 0 Å². The number of halogens is 3. The lowest BCUT2D eigenvalue weighted by atomic mass is 10.1. The van der Waals surface area contributed by atoms with E-state index in [1.165, 1.54) is 24.5 Å². The number of hydrogen-bond acceptors (Lipinski definition) is 3. The average Bonchev–Trinajstić information content (AvgIpc) is 2.27. The molecule has 0 aliphatic heterocycles. The Labute approximate surface area is 95.0 Å². The molecular weight excluding hydrogens is 233 g/mol. The van der Waals surface area contributed by atoms with Crippen LogP contribution in [-0.2, 0) is 0 Å². The summed E-state index contributed by atoms with van der Waals surface area (Å²) in [5.41, 5.74) is 6.14. The van der Waals surface area contributed by atoms with Crippen LogP contribution in [0.4, 0.5) is 18.9 Å². The lowest BCUT2D eigenvalue weighted by molar-refractivity contribution is -0.153. The number of nitrogens with zero attached hydrogens (tertiary/aromatic N) is 1. The number of hydrogen-bond donors (Lipinski definition) is 1. The molecule has 0 amide bonds. The van der Waals surface area contributed by atoms with E-state index in [2.05, 4.69) is 4.98 Å². The Morgan fingerprint density at radius 1 is 1.18 bits per heavy atom. The molecule has 1 aromatic heterocycles. The first kappa shape index (κ1) is 11.5. The zero-order valence-corrected chi connectivity index (χ0v) is 8.66. The highest BCUT2D eigenvalue weighted by Gasteiger charge is 2.28. The van der Waals surface area contributed by atoms with E-state index in [9.17, 15) is 13.2 Å². The monoisotopic (exact) mass is 242 g/mol. The molecule has 2 N–H and O–H groups in total. The van der Waals surface area contributed by atoms with E-state index in [4.69, 9.17) is 10.5 Å². The highest BCUT2D eigenvalue weighted by Crippen LogP contribution is 2.30. The quantitative estimate of drug-likeness (QED) is 0.824. The van der Waals surface area contributed by atoms with Crippen LogP contribution < -0.4 is 10.5 Å². The molecule has 0 bridgehead atoms. The zero-order valence-electron chi connectivity index (χ0n) is 8.66. The molecule has 3 nitrogen and oxygen atoms in total. The number of pyridine rings is 1. The molecule has 0 radical (unpaired) electrons. The number of ether oxygens (including phenoxy) is 1. The van der Waals surface area contributed by atoms with Gasteiger partial charge in [0.1, 0.15) is 5.75 Å². The van der Waals surface area contributed by atoms with Gasteiger partial charge in [0.25, 0.3) is 0 Å². The second kappa shape index (κ2) is 4.12. The molecule has 1 heterocycles. The molecule has 0 atom stereocenters. The summed E-state index contributed by atoms with van der Waals surface area (Å²) < 4.78 is 40.9. The van der Waals surface area contributed by atoms with Crippen molar-refractivity contribution >= 4 is 16.5 Å². The minimum atomic E-state index is -4.36. The molecule has 17 heavy (non-hydrogen) atoms. The van der Waals surface area contributed by atoms with Crippen molar-refractivity contribution in [3.63, 3.8) is 0 Å². The van der Waals surface area contributed by atoms with Gasteiger partial charge < -0.3 is 10.5 Å². The molecule has 0 fully saturated rings. The van der Waals surface area contributed by atoms with E-state index in [1.807, 2.05) is 0 Å². The van der Waals surface area contributed by atoms with Crippen LogP contribution in [0.1, 0.15) is 0 Å². The Morgan fingerprint density at radius 2 is 1.94 bits per heavy atom. The van der Waals surface area contributed by atoms with Gasteiger partial charge in [0.15, 0.2) is 6.61 Å². The third-order valence-electron chi connectivity index (χ3n) is 2.20. The van der Waals surface area contributed by atoms with Crippen molar-refractivity contribution in [3.8, 4) is 5.75 Å². The first-order valence-electron chi connectivity index (χ1n) is 4.79. The molecule has 2 aromatic rings. The van der Waals surface area contributed by atoms with E-state index in [1.54, 1.807) is 6.07 Å². The van der Waals surface area contributed by atoms with Crippen molar-refractivity contribution < 1.29 is 17.9 Å². The summed E-state index contributed by atoms with van der Waals surface area (Å²) >= 11 is 0. The molecule has 0 unspecified atom stereocenters. The fourth-order valence-electron chi connectivity index (χ4n) is 1.47. The Kier molecular flexibility index (Phi) is 2.79. The minimum absolute atomic E-state index is 0.147. The van der Waals surface area contributed by atoms with Gasteiger partial charge in [0.05, 0.1) is 0 Å². The zero-order chi connectivity index (χ0) is 12.5. The second-order valence-electron chi connectivity index (χ2n) is 3.48. The van der Waals surface area contributed by atoms with Gasteiger partial charge in [-0.1, -0.05) is 0 Å². The van der Waals surface area contributed by atoms with E-state index in [0.29, 0.717) is 16.5 Å². The third kappa shape index (κ3) is 2.58. The number of aromatic nitrogens is 1. The first-order chi connectivity index (χ1) is 7.97. The number of alkyl halides is 3. The first-order valence-corrected chi connectivity index (χ1v) is 4.79. The Bertz CT molecular complexity index is 540. The van der Waals surface area contributed by atoms with Crippen molar-refractivity contribution in [2.45, 2.75) is 6.18 Å². The molecule has 0 spiro atoms. The van der Waals surface area contributed by atoms with E-state index < -0.39 is 12.8 Å². The molecule has 0 saturated carbocycles. The normalized spacial score (nSPS) is 11.7. The van der Waals surface area contributed by atoms with Crippen molar-refractivity contribution in [2.75, 3.05) is 12.3 Å². The lowest BCUT2D eigenvalue weighted by Crippen LogP contribution is -2.19. The number of nitrogen functional groups attached to an aromatic ring is 1. The largest absolute Gasteiger partial charge is 0.483 e. The van der Waals surface area contributed by atoms with Crippen LogP contribution in [0.2, 0.25) is 0 Å². The molecule has 1 aromatic carbocycles. The summed E-state index contributed by atoms with van der Waals surface area (Å²) in [7, 11) is 0. The van der Waals surface area contributed by atoms with Crippen molar-refractivity contribution in [1.29, 1.82) is 0 Å². The molecule has 2 rings (SSSR count). The van der Waals surface area contributed by atoms with Crippen LogP contribution >= 0.6 is 0 Å². The summed E-state index contributed by atoms with van der Waals surface area (Å²) in [6.45, 7) is -1.33. The predicted octanol–water partition coefficient (Wildman–Crippen LogP) is 2.76. The summed E-state index contributed by atoms with van der Waals surface area (Å²) in [4.78, 5) is 3.87. The van der Waals surface area contributed by atoms with Gasteiger partial charge in [-0.3, -0.25) is 4.98 Å². The lowest BCUT2D eigenvalue weighted by Gasteiger charge is -2.12. The maximum atomic E-state index is 12.1. The molecule has 90 valence electrons. The van der Waals surface area contributed by atoms with Crippen LogP contribution in [0, 0.1) is 0 Å². The topological polar surface area (TPSA) is 48.1 Å². The van der Waals surface area contributed by atoms with E-state index in [-0.39, 0.29) is 5.75 Å². The molecular formula is C11H9F3N2O. The number of rotatable bonds is 2. The predicted molar refractivity (Wildman–Crippen MR) is 57.7 cm³/mol. The third-order valence-corrected chi connectivity index (χ3v) is 2.20. The van der Waals surface area contributed by atoms with Crippen LogP contribution in [-0.4, -0.2) is 17.8 Å². The van der Waals surface area contributed by atoms with Gasteiger partial charge in [0.2, 0.25) is 0 Å². The summed E-state index contributed by atoms with van der Waals surface area (Å²) in [5.74, 6) is 0.147. The van der Waals surface area contributed by atoms with Gasteiger partial charge in [0, 0.05) is 28.9 Å². The summed E-state index contributed by atoms with van der Waals surface area (Å²) in [6, 6.07) is 4.48. The standard InChI is InChI=1S/C11H9F3N2O/c12-11(13,14)6-17-10-2-1-9(15)8-5-16-4-3-7(8)10/h1-5H,6,15H2. The van der Waals surface area contributed by atoms with Crippen LogP contribution in [0.15, 0.2) is 30.6 Å². The highest BCUT2D eigenvalue weighted by atomic mass is 19.4. The van der Waals surface area contributed by atoms with Crippen LogP contribution in [0.25, 0.3) is 10.8 Å². The van der Waals surface area contributed by atoms with Crippen LogP contribution in [0.3, 0.4) is 0 Å². The Hall–Kier alpha value is -1.98. The average molecular weight is 242 g/mol. The smallest absolute Gasteiger partial charge is 0.422 e. The number of fused-ring (bicyclic) bond motifs is 1. The van der Waals surface area contributed by atoms with Crippen LogP contribution in [0.5, 0.6) is 5.75 Å². The van der Waals surface area contributed by atoms with Crippen molar-refractivity contribution in [3.05, 3.63) is 30.6 Å². The van der Waals surface area contributed by atoms with Gasteiger partial charge in [-0.05, 0) is 18.2 Å². The fourth-order valence-corrected chi connectivity index (χ4v) is 1.47. The Balaban J connectivity index is 2.38. The molecule has 0 saturated heterocycles. The summed E-state index contributed by atoms with van der Waals surface area (Å²) in [6.07, 6.45) is -1.39. The number of benzene rings is 1. The highest BCUT2D eigenvalue weighted by molar-refractivity contribution is 5.96. The maximum absolute atomic E-state index is 12.1. The number of anilines is 1. The van der Waals surface area contributed by atoms with Gasteiger partial charge in [-0.15, -0.1) is 0 Å². The SMILES string of the molecule is Nc1ccc(OCC(F)(F)F)c2ccncc12. The van der Waals surface area contributed by atoms with Gasteiger partial charge in [-0.25, -0.2) is 0 Å². The van der Waals surface area contributed by atoms with Crippen molar-refractivity contribution in [2.24, 2.45) is 0 Å². The van der Waals surface area contributed by atoms with Gasteiger partial charge in [-0.2, -0.15) is 13.2 Å². The minimum Gasteiger partial charge on any atom is -0.483 e. The Morgan fingerprint density at radius 3 is 2.65 bits per heavy atom. The molecule has 6 heteroatoms. The second-order valence-corrected chi connectivity index (χ2v) is 3.48. The van der Waals surface area contributed by atoms with Crippen molar-refractivity contribution in [1.82, 2.24) is 4.98 Å². The number of nitrogens with two attached hydrogens (primary N) is 1. The molecule has 0 aliphatic carbocycles. The summed E-state index contributed by atoms with van der Waals surface area (Å²) in [5, 5.41) is 1.09. The fraction of sp³-hybridized carbons (Fsp3) is 0.182. The van der Waals surface area contributed by atoms with Gasteiger partial charge >= 0.3 is 6.18 Å².